The summed E-state index contributed by atoms with van der Waals surface area (Å²) in [5.74, 6) is -0.827. The zero-order valence-electron chi connectivity index (χ0n) is 11.7. The molecule has 0 saturated carbocycles. The lowest BCUT2D eigenvalue weighted by Crippen LogP contribution is -2.01. The number of halogens is 1. The van der Waals surface area contributed by atoms with Crippen molar-refractivity contribution in [3.63, 3.8) is 0 Å². The number of H-pyrrole nitrogens is 1. The number of ketones is 1. The van der Waals surface area contributed by atoms with E-state index in [-0.39, 0.29) is 22.4 Å². The van der Waals surface area contributed by atoms with E-state index in [9.17, 15) is 9.90 Å². The topological polar surface area (TPSA) is 105 Å². The van der Waals surface area contributed by atoms with Gasteiger partial charge in [-0.25, -0.2) is 4.98 Å². The molecule has 0 atom stereocenters. The number of hydrogen-bond donors (Lipinski definition) is 2. The number of carbonyl (C=O) groups excluding carboxylic acids is 1. The predicted octanol–water partition coefficient (Wildman–Crippen LogP) is 2.82. The highest BCUT2D eigenvalue weighted by Gasteiger charge is 2.20. The van der Waals surface area contributed by atoms with Crippen LogP contribution in [0.4, 0.5) is 0 Å². The van der Waals surface area contributed by atoms with E-state index in [4.69, 9.17) is 16.0 Å². The van der Waals surface area contributed by atoms with E-state index in [2.05, 4.69) is 20.2 Å². The van der Waals surface area contributed by atoms with Gasteiger partial charge in [0.2, 0.25) is 11.0 Å². The molecule has 0 radical (unpaired) electrons. The van der Waals surface area contributed by atoms with Gasteiger partial charge < -0.3 is 9.52 Å². The number of aromatic nitrogens is 4. The van der Waals surface area contributed by atoms with Gasteiger partial charge in [0.1, 0.15) is 6.33 Å². The van der Waals surface area contributed by atoms with Crippen LogP contribution in [-0.4, -0.2) is 31.1 Å². The van der Waals surface area contributed by atoms with Crippen LogP contribution in [0.2, 0.25) is 5.22 Å². The molecular weight excluding hydrogens is 320 g/mol. The number of aliphatic hydroxyl groups is 1. The Kier molecular flexibility index (Phi) is 4.20. The summed E-state index contributed by atoms with van der Waals surface area (Å²) < 4.78 is 5.14. The lowest BCUT2D eigenvalue weighted by Gasteiger charge is -2.01. The standard InChI is InChI=1S/C15H11ClN4O3/c16-14-13(11(21)6-12(22)15-18-8-19-20-15)10(7-23-14)5-9-1-3-17-4-2-9/h1-4,6-8,22H,5H2,(H,18,19,20). The second kappa shape index (κ2) is 6.45. The van der Waals surface area contributed by atoms with Crippen molar-refractivity contribution in [1.82, 2.24) is 20.2 Å². The Hall–Kier alpha value is -2.93. The number of hydrogen-bond acceptors (Lipinski definition) is 6. The van der Waals surface area contributed by atoms with Crippen LogP contribution < -0.4 is 0 Å². The van der Waals surface area contributed by atoms with Gasteiger partial charge in [0.05, 0.1) is 11.8 Å². The summed E-state index contributed by atoms with van der Waals surface area (Å²) in [5.41, 5.74) is 1.77. The van der Waals surface area contributed by atoms with Crippen LogP contribution in [0.15, 0.2) is 47.6 Å². The molecular formula is C15H11ClN4O3. The van der Waals surface area contributed by atoms with Gasteiger partial charge in [0.15, 0.2) is 11.5 Å². The third kappa shape index (κ3) is 3.29. The predicted molar refractivity (Wildman–Crippen MR) is 82.1 cm³/mol. The summed E-state index contributed by atoms with van der Waals surface area (Å²) in [6.45, 7) is 0. The van der Waals surface area contributed by atoms with Crippen molar-refractivity contribution in [2.75, 3.05) is 0 Å². The fourth-order valence-corrected chi connectivity index (χ4v) is 2.32. The number of furan rings is 1. The first-order chi connectivity index (χ1) is 11.1. The maximum atomic E-state index is 12.4. The first kappa shape index (κ1) is 15.0. The number of aliphatic hydroxyl groups excluding tert-OH is 1. The number of carbonyl (C=O) groups is 1. The van der Waals surface area contributed by atoms with Gasteiger partial charge in [0.25, 0.3) is 0 Å². The lowest BCUT2D eigenvalue weighted by molar-refractivity contribution is 0.104. The molecule has 0 aliphatic heterocycles. The monoisotopic (exact) mass is 330 g/mol. The van der Waals surface area contributed by atoms with Gasteiger partial charge in [-0.3, -0.25) is 14.9 Å². The Morgan fingerprint density at radius 1 is 1.39 bits per heavy atom. The Morgan fingerprint density at radius 3 is 2.87 bits per heavy atom. The van der Waals surface area contributed by atoms with E-state index >= 15 is 0 Å². The summed E-state index contributed by atoms with van der Waals surface area (Å²) in [6.07, 6.45) is 7.50. The highest BCUT2D eigenvalue weighted by molar-refractivity contribution is 6.33. The van der Waals surface area contributed by atoms with Crippen molar-refractivity contribution in [2.24, 2.45) is 0 Å². The summed E-state index contributed by atoms with van der Waals surface area (Å²) in [4.78, 5) is 20.1. The van der Waals surface area contributed by atoms with Crippen LogP contribution in [0.3, 0.4) is 0 Å². The smallest absolute Gasteiger partial charge is 0.215 e. The van der Waals surface area contributed by atoms with Gasteiger partial charge in [-0.05, 0) is 29.3 Å². The molecule has 0 aliphatic rings. The van der Waals surface area contributed by atoms with Crippen LogP contribution in [0.5, 0.6) is 0 Å². The molecule has 0 saturated heterocycles. The molecule has 0 aromatic carbocycles. The van der Waals surface area contributed by atoms with Crippen LogP contribution in [-0.2, 0) is 6.42 Å². The molecule has 116 valence electrons. The third-order valence-electron chi connectivity index (χ3n) is 3.12. The minimum absolute atomic E-state index is 0.0219. The Bertz CT molecular complexity index is 841. The quantitative estimate of drug-likeness (QED) is 0.423. The van der Waals surface area contributed by atoms with Gasteiger partial charge in [-0.1, -0.05) is 0 Å². The fourth-order valence-electron chi connectivity index (χ4n) is 2.07. The molecule has 8 heteroatoms. The number of aromatic amines is 1. The molecule has 0 unspecified atom stereocenters. The largest absolute Gasteiger partial charge is 0.504 e. The van der Waals surface area contributed by atoms with Crippen molar-refractivity contribution < 1.29 is 14.3 Å². The van der Waals surface area contributed by atoms with E-state index in [1.807, 2.05) is 12.1 Å². The van der Waals surface area contributed by atoms with Crippen LogP contribution in [0, 0.1) is 0 Å². The van der Waals surface area contributed by atoms with E-state index in [0.29, 0.717) is 12.0 Å². The minimum atomic E-state index is -0.491. The maximum Gasteiger partial charge on any atom is 0.215 e. The Labute approximate surface area is 135 Å². The average molecular weight is 331 g/mol. The van der Waals surface area contributed by atoms with E-state index in [1.165, 1.54) is 12.6 Å². The minimum Gasteiger partial charge on any atom is -0.504 e. The van der Waals surface area contributed by atoms with E-state index in [0.717, 1.165) is 11.6 Å². The SMILES string of the molecule is O=C(C=C(O)c1nc[nH]n1)c1c(Cc2ccncc2)coc1Cl. The third-order valence-corrected chi connectivity index (χ3v) is 3.40. The summed E-state index contributed by atoms with van der Waals surface area (Å²) >= 11 is 5.97. The highest BCUT2D eigenvalue weighted by Crippen LogP contribution is 2.26. The van der Waals surface area contributed by atoms with Gasteiger partial charge >= 0.3 is 0 Å². The Balaban J connectivity index is 1.89. The molecule has 0 fully saturated rings. The zero-order valence-corrected chi connectivity index (χ0v) is 12.5. The molecule has 0 aliphatic carbocycles. The van der Waals surface area contributed by atoms with Crippen molar-refractivity contribution in [1.29, 1.82) is 0 Å². The van der Waals surface area contributed by atoms with Gasteiger partial charge in [-0.15, -0.1) is 0 Å². The maximum absolute atomic E-state index is 12.4. The average Bonchev–Trinajstić information content (AvgIpc) is 3.18. The molecule has 0 bridgehead atoms. The zero-order chi connectivity index (χ0) is 16.2. The second-order valence-corrected chi connectivity index (χ2v) is 5.00. The molecule has 0 amide bonds. The normalized spacial score (nSPS) is 11.6. The van der Waals surface area contributed by atoms with E-state index in [1.54, 1.807) is 12.4 Å². The highest BCUT2D eigenvalue weighted by atomic mass is 35.5. The van der Waals surface area contributed by atoms with Crippen molar-refractivity contribution in [3.05, 3.63) is 70.9 Å². The number of pyridine rings is 1. The molecule has 0 spiro atoms. The van der Waals surface area contributed by atoms with Crippen LogP contribution >= 0.6 is 11.6 Å². The van der Waals surface area contributed by atoms with Gasteiger partial charge in [-0.2, -0.15) is 5.10 Å². The van der Waals surface area contributed by atoms with Crippen molar-refractivity contribution >= 4 is 23.1 Å². The van der Waals surface area contributed by atoms with Crippen LogP contribution in [0.25, 0.3) is 5.76 Å². The van der Waals surface area contributed by atoms with Crippen molar-refractivity contribution in [3.8, 4) is 0 Å². The lowest BCUT2D eigenvalue weighted by atomic mass is 10.0. The molecule has 3 rings (SSSR count). The summed E-state index contributed by atoms with van der Waals surface area (Å²) in [6, 6.07) is 3.66. The molecule has 3 aromatic rings. The second-order valence-electron chi connectivity index (χ2n) is 4.66. The van der Waals surface area contributed by atoms with Gasteiger partial charge in [0, 0.05) is 30.5 Å². The van der Waals surface area contributed by atoms with E-state index < -0.39 is 5.78 Å². The van der Waals surface area contributed by atoms with Crippen molar-refractivity contribution in [2.45, 2.75) is 6.42 Å². The van der Waals surface area contributed by atoms with Crippen LogP contribution in [0.1, 0.15) is 27.3 Å². The first-order valence-corrected chi connectivity index (χ1v) is 6.99. The number of nitrogens with zero attached hydrogens (tertiary/aromatic N) is 3. The molecule has 3 aromatic heterocycles. The first-order valence-electron chi connectivity index (χ1n) is 6.61. The molecule has 3 heterocycles. The number of allylic oxidation sites excluding steroid dienone is 1. The molecule has 23 heavy (non-hydrogen) atoms. The molecule has 7 nitrogen and oxygen atoms in total. The number of nitrogens with one attached hydrogen (secondary N) is 1. The molecule has 2 N–H and O–H groups in total. The Morgan fingerprint density at radius 2 is 2.17 bits per heavy atom. The number of rotatable bonds is 5. The summed E-state index contributed by atoms with van der Waals surface area (Å²) in [5, 5.41) is 16.0. The fraction of sp³-hybridized carbons (Fsp3) is 0.0667. The summed E-state index contributed by atoms with van der Waals surface area (Å²) in [7, 11) is 0.